The number of nitrogens with zero attached hydrogens (tertiary/aromatic N) is 1. The van der Waals surface area contributed by atoms with Crippen LogP contribution in [0.1, 0.15) is 45.7 Å². The van der Waals surface area contributed by atoms with Crippen LogP contribution < -0.4 is 0 Å². The van der Waals surface area contributed by atoms with Crippen LogP contribution in [0.3, 0.4) is 0 Å². The third-order valence-electron chi connectivity index (χ3n) is 3.91. The van der Waals surface area contributed by atoms with Gasteiger partial charge in [-0.15, -0.1) is 0 Å². The van der Waals surface area contributed by atoms with Crippen molar-refractivity contribution >= 4 is 35.0 Å². The van der Waals surface area contributed by atoms with Gasteiger partial charge in [0, 0.05) is 0 Å². The summed E-state index contributed by atoms with van der Waals surface area (Å²) in [6.07, 6.45) is 1.68. The van der Waals surface area contributed by atoms with Crippen LogP contribution in [0.5, 0.6) is 0 Å². The highest BCUT2D eigenvalue weighted by Gasteiger charge is 2.41. The van der Waals surface area contributed by atoms with Crippen molar-refractivity contribution in [2.45, 2.75) is 46.1 Å². The smallest absolute Gasteiger partial charge is 0.329 e. The Kier molecular flexibility index (Phi) is 5.72. The van der Waals surface area contributed by atoms with E-state index in [-0.39, 0.29) is 12.0 Å². The average Bonchev–Trinajstić information content (AvgIpc) is 2.80. The number of esters is 1. The van der Waals surface area contributed by atoms with Gasteiger partial charge in [0.25, 0.3) is 11.1 Å². The van der Waals surface area contributed by atoms with Crippen LogP contribution in [0, 0.1) is 0 Å². The molecule has 2 amide bonds. The number of carbonyl (C=O) groups is 3. The summed E-state index contributed by atoms with van der Waals surface area (Å²) in [4.78, 5) is 37.7. The van der Waals surface area contributed by atoms with Gasteiger partial charge in [-0.3, -0.25) is 14.5 Å². The van der Waals surface area contributed by atoms with Gasteiger partial charge in [-0.1, -0.05) is 45.0 Å². The van der Waals surface area contributed by atoms with Crippen LogP contribution in [0.25, 0.3) is 6.08 Å². The van der Waals surface area contributed by atoms with Crippen LogP contribution in [0.2, 0.25) is 0 Å². The molecule has 0 spiro atoms. The molecule has 1 atom stereocenters. The van der Waals surface area contributed by atoms with Gasteiger partial charge in [-0.05, 0) is 48.2 Å². The first-order valence-electron chi connectivity index (χ1n) is 8.19. The molecule has 0 unspecified atom stereocenters. The third-order valence-corrected chi connectivity index (χ3v) is 4.80. The van der Waals surface area contributed by atoms with Crippen molar-refractivity contribution in [3.8, 4) is 0 Å². The van der Waals surface area contributed by atoms with Gasteiger partial charge in [-0.2, -0.15) is 0 Å². The Labute approximate surface area is 152 Å². The summed E-state index contributed by atoms with van der Waals surface area (Å²) in [6, 6.07) is 6.93. The first-order chi connectivity index (χ1) is 11.6. The van der Waals surface area contributed by atoms with Gasteiger partial charge in [0.15, 0.2) is 0 Å². The van der Waals surface area contributed by atoms with E-state index in [0.29, 0.717) is 4.91 Å². The molecule has 1 heterocycles. The van der Waals surface area contributed by atoms with Gasteiger partial charge in [-0.25, -0.2) is 4.79 Å². The number of imide groups is 1. The highest BCUT2D eigenvalue weighted by molar-refractivity contribution is 8.18. The number of benzene rings is 1. The van der Waals surface area contributed by atoms with Gasteiger partial charge < -0.3 is 4.74 Å². The second-order valence-electron chi connectivity index (χ2n) is 6.85. The zero-order valence-electron chi connectivity index (χ0n) is 15.2. The van der Waals surface area contributed by atoms with Crippen LogP contribution in [0.15, 0.2) is 29.2 Å². The van der Waals surface area contributed by atoms with E-state index in [1.807, 2.05) is 24.3 Å². The summed E-state index contributed by atoms with van der Waals surface area (Å²) in [7, 11) is 0. The molecule has 1 aliphatic heterocycles. The normalized spacial score (nSPS) is 18.0. The molecule has 25 heavy (non-hydrogen) atoms. The maximum Gasteiger partial charge on any atom is 0.329 e. The van der Waals surface area contributed by atoms with Crippen LogP contribution >= 0.6 is 11.8 Å². The van der Waals surface area contributed by atoms with Crippen LogP contribution in [-0.2, 0) is 19.7 Å². The summed E-state index contributed by atoms with van der Waals surface area (Å²) in [5, 5.41) is -0.455. The minimum atomic E-state index is -0.929. The number of hydrogen-bond acceptors (Lipinski definition) is 5. The highest BCUT2D eigenvalue weighted by atomic mass is 32.2. The zero-order valence-corrected chi connectivity index (χ0v) is 16.0. The molecule has 1 aromatic carbocycles. The number of hydrogen-bond donors (Lipinski definition) is 0. The van der Waals surface area contributed by atoms with Crippen molar-refractivity contribution in [3.63, 3.8) is 0 Å². The molecule has 1 fully saturated rings. The summed E-state index contributed by atoms with van der Waals surface area (Å²) >= 11 is 0.841. The monoisotopic (exact) mass is 361 g/mol. The molecule has 0 radical (unpaired) electrons. The van der Waals surface area contributed by atoms with Gasteiger partial charge in [0.05, 0.1) is 11.5 Å². The van der Waals surface area contributed by atoms with Gasteiger partial charge in [0.1, 0.15) is 6.04 Å². The molecule has 0 aliphatic carbocycles. The van der Waals surface area contributed by atoms with Crippen molar-refractivity contribution in [1.29, 1.82) is 0 Å². The third kappa shape index (κ3) is 4.31. The zero-order chi connectivity index (χ0) is 18.8. The molecule has 134 valence electrons. The molecule has 0 bridgehead atoms. The van der Waals surface area contributed by atoms with E-state index in [1.165, 1.54) is 12.5 Å². The largest absolute Gasteiger partial charge is 0.464 e. The molecule has 1 aliphatic rings. The van der Waals surface area contributed by atoms with Crippen molar-refractivity contribution in [3.05, 3.63) is 40.3 Å². The number of ether oxygens (including phenoxy) is 1. The quantitative estimate of drug-likeness (QED) is 0.600. The SMILES string of the molecule is CCOC(=O)[C@@H](C)N1C(=O)S/C(=C/c2ccc(C(C)(C)C)cc2)C1=O. The number of amides is 2. The Morgan fingerprint density at radius 2 is 1.84 bits per heavy atom. The van der Waals surface area contributed by atoms with E-state index in [2.05, 4.69) is 20.8 Å². The van der Waals surface area contributed by atoms with Crippen molar-refractivity contribution < 1.29 is 19.1 Å². The Morgan fingerprint density at radius 3 is 2.36 bits per heavy atom. The fourth-order valence-corrected chi connectivity index (χ4v) is 3.32. The Morgan fingerprint density at radius 1 is 1.24 bits per heavy atom. The molecule has 1 saturated heterocycles. The van der Waals surface area contributed by atoms with E-state index in [4.69, 9.17) is 4.74 Å². The van der Waals surface area contributed by atoms with Crippen molar-refractivity contribution in [2.75, 3.05) is 6.61 Å². The lowest BCUT2D eigenvalue weighted by molar-refractivity contribution is -0.150. The summed E-state index contributed by atoms with van der Waals surface area (Å²) in [5.41, 5.74) is 2.07. The molecule has 0 aromatic heterocycles. The maximum atomic E-state index is 12.5. The molecular weight excluding hydrogens is 338 g/mol. The van der Waals surface area contributed by atoms with Crippen LogP contribution in [-0.4, -0.2) is 34.7 Å². The molecule has 2 rings (SSSR count). The first-order valence-corrected chi connectivity index (χ1v) is 9.01. The first kappa shape index (κ1) is 19.2. The summed E-state index contributed by atoms with van der Waals surface area (Å²) in [5.74, 6) is -1.05. The molecule has 5 nitrogen and oxygen atoms in total. The van der Waals surface area contributed by atoms with E-state index in [1.54, 1.807) is 13.0 Å². The molecule has 1 aromatic rings. The number of thioether (sulfide) groups is 1. The van der Waals surface area contributed by atoms with Crippen molar-refractivity contribution in [2.24, 2.45) is 0 Å². The topological polar surface area (TPSA) is 63.7 Å². The lowest BCUT2D eigenvalue weighted by Gasteiger charge is -2.19. The lowest BCUT2D eigenvalue weighted by Crippen LogP contribution is -2.42. The second-order valence-corrected chi connectivity index (χ2v) is 7.84. The highest BCUT2D eigenvalue weighted by Crippen LogP contribution is 2.34. The van der Waals surface area contributed by atoms with E-state index < -0.39 is 23.2 Å². The maximum absolute atomic E-state index is 12.5. The van der Waals surface area contributed by atoms with E-state index in [9.17, 15) is 14.4 Å². The molecule has 0 N–H and O–H groups in total. The Balaban J connectivity index is 2.21. The lowest BCUT2D eigenvalue weighted by atomic mass is 9.87. The number of rotatable bonds is 4. The fraction of sp³-hybridized carbons (Fsp3) is 0.421. The standard InChI is InChI=1S/C19H23NO4S/c1-6-24-17(22)12(2)20-16(21)15(25-18(20)23)11-13-7-9-14(10-8-13)19(3,4)5/h7-12H,6H2,1-5H3/b15-11+/t12-/m1/s1. The van der Waals surface area contributed by atoms with Gasteiger partial charge in [0.2, 0.25) is 0 Å². The fourth-order valence-electron chi connectivity index (χ4n) is 2.41. The predicted molar refractivity (Wildman–Crippen MR) is 99.0 cm³/mol. The Hall–Kier alpha value is -2.08. The summed E-state index contributed by atoms with van der Waals surface area (Å²) < 4.78 is 4.90. The van der Waals surface area contributed by atoms with Crippen LogP contribution in [0.4, 0.5) is 4.79 Å². The molecular formula is C19H23NO4S. The van der Waals surface area contributed by atoms with E-state index in [0.717, 1.165) is 22.2 Å². The second kappa shape index (κ2) is 7.44. The Bertz CT molecular complexity index is 716. The average molecular weight is 361 g/mol. The molecule has 0 saturated carbocycles. The van der Waals surface area contributed by atoms with Gasteiger partial charge >= 0.3 is 5.97 Å². The molecule has 6 heteroatoms. The number of carbonyl (C=O) groups excluding carboxylic acids is 3. The predicted octanol–water partition coefficient (Wildman–Crippen LogP) is 3.97. The minimum Gasteiger partial charge on any atom is -0.464 e. The van der Waals surface area contributed by atoms with Crippen molar-refractivity contribution in [1.82, 2.24) is 4.90 Å². The van der Waals surface area contributed by atoms with E-state index >= 15 is 0 Å². The summed E-state index contributed by atoms with van der Waals surface area (Å²) in [6.45, 7) is 9.77. The minimum absolute atomic E-state index is 0.0471.